The number of aryl methyl sites for hydroxylation is 1. The Morgan fingerprint density at radius 2 is 2.10 bits per heavy atom. The minimum absolute atomic E-state index is 0.108. The lowest BCUT2D eigenvalue weighted by atomic mass is 10.1. The number of nitrogens with zero attached hydrogens (tertiary/aromatic N) is 1. The van der Waals surface area contributed by atoms with Crippen LogP contribution in [0.5, 0.6) is 5.75 Å². The predicted octanol–water partition coefficient (Wildman–Crippen LogP) is 2.97. The molecular weight excluding hydrogens is 268 g/mol. The van der Waals surface area contributed by atoms with E-state index in [1.165, 1.54) is 0 Å². The Labute approximate surface area is 126 Å². The van der Waals surface area contributed by atoms with E-state index in [1.807, 2.05) is 45.9 Å². The molecule has 0 saturated heterocycles. The lowest BCUT2D eigenvalue weighted by Gasteiger charge is -2.14. The lowest BCUT2D eigenvalue weighted by Crippen LogP contribution is -2.14. The van der Waals surface area contributed by atoms with E-state index in [4.69, 9.17) is 20.1 Å². The van der Waals surface area contributed by atoms with Crippen LogP contribution in [0.15, 0.2) is 35.6 Å². The van der Waals surface area contributed by atoms with E-state index < -0.39 is 0 Å². The lowest BCUT2D eigenvalue weighted by molar-refractivity contribution is 0.0789. The highest BCUT2D eigenvalue weighted by Gasteiger charge is 2.10. The van der Waals surface area contributed by atoms with Crippen molar-refractivity contribution in [3.63, 3.8) is 0 Å². The zero-order chi connectivity index (χ0) is 15.8. The van der Waals surface area contributed by atoms with Gasteiger partial charge in [0.1, 0.15) is 18.1 Å². The average Bonchev–Trinajstić information content (AvgIpc) is 2.45. The van der Waals surface area contributed by atoms with E-state index >= 15 is 0 Å². The summed E-state index contributed by atoms with van der Waals surface area (Å²) in [6.07, 6.45) is 0.108. The zero-order valence-electron chi connectivity index (χ0n) is 13.2. The van der Waals surface area contributed by atoms with Crippen molar-refractivity contribution in [2.75, 3.05) is 13.2 Å². The van der Waals surface area contributed by atoms with Crippen LogP contribution < -0.4 is 10.6 Å². The first-order valence-corrected chi connectivity index (χ1v) is 6.96. The highest BCUT2D eigenvalue weighted by Crippen LogP contribution is 2.20. The molecule has 0 unspecified atom stereocenters. The molecule has 0 heterocycles. The first-order valence-electron chi connectivity index (χ1n) is 6.96. The van der Waals surface area contributed by atoms with Gasteiger partial charge in [-0.1, -0.05) is 6.58 Å². The fourth-order valence-electron chi connectivity index (χ4n) is 1.69. The summed E-state index contributed by atoms with van der Waals surface area (Å²) in [5.74, 6) is 7.00. The van der Waals surface area contributed by atoms with Crippen LogP contribution in [0.2, 0.25) is 0 Å². The maximum Gasteiger partial charge on any atom is 0.242 e. The van der Waals surface area contributed by atoms with Crippen LogP contribution in [0, 0.1) is 6.92 Å². The van der Waals surface area contributed by atoms with E-state index in [9.17, 15) is 0 Å². The normalized spacial score (nSPS) is 11.6. The third-order valence-corrected chi connectivity index (χ3v) is 2.66. The number of hydrogen-bond donors (Lipinski definition) is 1. The molecule has 0 atom stereocenters. The van der Waals surface area contributed by atoms with Crippen molar-refractivity contribution in [3.8, 4) is 5.75 Å². The van der Waals surface area contributed by atoms with Gasteiger partial charge in [0.2, 0.25) is 5.90 Å². The molecule has 1 rings (SSSR count). The quantitative estimate of drug-likeness (QED) is 0.276. The molecular formula is C16H24N2O3. The summed E-state index contributed by atoms with van der Waals surface area (Å²) in [6.45, 7) is 12.5. The zero-order valence-corrected chi connectivity index (χ0v) is 13.2. The van der Waals surface area contributed by atoms with Crippen LogP contribution in [-0.2, 0) is 9.47 Å². The topological polar surface area (TPSA) is 66.1 Å². The molecule has 0 amide bonds. The molecule has 0 aliphatic heterocycles. The van der Waals surface area contributed by atoms with Crippen LogP contribution in [0.4, 0.5) is 0 Å². The third-order valence-electron chi connectivity index (χ3n) is 2.66. The highest BCUT2D eigenvalue weighted by atomic mass is 16.5. The van der Waals surface area contributed by atoms with E-state index in [0.717, 1.165) is 16.9 Å². The minimum Gasteiger partial charge on any atom is -0.494 e. The number of ether oxygens (including phenoxy) is 3. The van der Waals surface area contributed by atoms with Crippen LogP contribution >= 0.6 is 0 Å². The predicted molar refractivity (Wildman–Crippen MR) is 84.4 cm³/mol. The Hall–Kier alpha value is -2.01. The average molecular weight is 292 g/mol. The molecule has 0 aliphatic carbocycles. The second-order valence-corrected chi connectivity index (χ2v) is 4.85. The van der Waals surface area contributed by atoms with Crippen molar-refractivity contribution >= 4 is 5.90 Å². The molecule has 0 aromatic heterocycles. The minimum atomic E-state index is 0.108. The smallest absolute Gasteiger partial charge is 0.242 e. The van der Waals surface area contributed by atoms with Crippen molar-refractivity contribution in [2.24, 2.45) is 10.9 Å². The molecule has 0 saturated carbocycles. The monoisotopic (exact) mass is 292 g/mol. The number of hydrogen-bond acceptors (Lipinski definition) is 5. The van der Waals surface area contributed by atoms with Gasteiger partial charge >= 0.3 is 0 Å². The first kappa shape index (κ1) is 17.0. The Kier molecular flexibility index (Phi) is 6.75. The summed E-state index contributed by atoms with van der Waals surface area (Å²) in [7, 11) is 0. The van der Waals surface area contributed by atoms with Gasteiger partial charge in [0.05, 0.1) is 12.7 Å². The van der Waals surface area contributed by atoms with E-state index in [0.29, 0.717) is 24.9 Å². The SMILES string of the molecule is C=C(COC(C)C)O/C(=N\N)c1ccc(OCC)c(C)c1. The Morgan fingerprint density at radius 3 is 2.62 bits per heavy atom. The maximum atomic E-state index is 5.56. The summed E-state index contributed by atoms with van der Waals surface area (Å²) in [5.41, 5.74) is 1.76. The summed E-state index contributed by atoms with van der Waals surface area (Å²) < 4.78 is 16.5. The van der Waals surface area contributed by atoms with Gasteiger partial charge in [-0.25, -0.2) is 0 Å². The van der Waals surface area contributed by atoms with Gasteiger partial charge in [0.15, 0.2) is 0 Å². The van der Waals surface area contributed by atoms with Crippen LogP contribution in [0.25, 0.3) is 0 Å². The van der Waals surface area contributed by atoms with Gasteiger partial charge in [0, 0.05) is 5.56 Å². The van der Waals surface area contributed by atoms with Crippen molar-refractivity contribution in [2.45, 2.75) is 33.8 Å². The fourth-order valence-corrected chi connectivity index (χ4v) is 1.69. The summed E-state index contributed by atoms with van der Waals surface area (Å²) in [4.78, 5) is 0. The molecule has 1 aromatic carbocycles. The molecule has 5 nitrogen and oxygen atoms in total. The number of benzene rings is 1. The van der Waals surface area contributed by atoms with E-state index in [-0.39, 0.29) is 6.10 Å². The molecule has 0 bridgehead atoms. The van der Waals surface area contributed by atoms with Gasteiger partial charge in [-0.15, -0.1) is 5.10 Å². The molecule has 0 fully saturated rings. The highest BCUT2D eigenvalue weighted by molar-refractivity contribution is 5.94. The van der Waals surface area contributed by atoms with Crippen LogP contribution in [0.3, 0.4) is 0 Å². The van der Waals surface area contributed by atoms with Crippen molar-refractivity contribution in [1.29, 1.82) is 0 Å². The second kappa shape index (κ2) is 8.32. The molecule has 116 valence electrons. The summed E-state index contributed by atoms with van der Waals surface area (Å²) in [5, 5.41) is 3.68. The molecule has 0 spiro atoms. The molecule has 5 heteroatoms. The molecule has 1 aromatic rings. The van der Waals surface area contributed by atoms with Crippen molar-refractivity contribution in [1.82, 2.24) is 0 Å². The van der Waals surface area contributed by atoms with E-state index in [1.54, 1.807) is 0 Å². The van der Waals surface area contributed by atoms with Crippen LogP contribution in [-0.4, -0.2) is 25.2 Å². The van der Waals surface area contributed by atoms with Gasteiger partial charge in [-0.05, 0) is 51.5 Å². The van der Waals surface area contributed by atoms with Crippen molar-refractivity contribution in [3.05, 3.63) is 41.7 Å². The number of rotatable bonds is 7. The first-order chi connectivity index (χ1) is 9.97. The molecule has 0 radical (unpaired) electrons. The summed E-state index contributed by atoms with van der Waals surface area (Å²) >= 11 is 0. The number of hydrazone groups is 1. The Balaban J connectivity index is 2.77. The molecule has 2 N–H and O–H groups in total. The van der Waals surface area contributed by atoms with Crippen LogP contribution in [0.1, 0.15) is 31.9 Å². The Bertz CT molecular complexity index is 510. The molecule has 0 aliphatic rings. The largest absolute Gasteiger partial charge is 0.494 e. The van der Waals surface area contributed by atoms with Gasteiger partial charge in [-0.2, -0.15) is 0 Å². The molecule has 21 heavy (non-hydrogen) atoms. The van der Waals surface area contributed by atoms with Crippen molar-refractivity contribution < 1.29 is 14.2 Å². The Morgan fingerprint density at radius 1 is 1.38 bits per heavy atom. The van der Waals surface area contributed by atoms with Gasteiger partial charge in [-0.3, -0.25) is 0 Å². The van der Waals surface area contributed by atoms with Gasteiger partial charge < -0.3 is 20.1 Å². The fraction of sp³-hybridized carbons (Fsp3) is 0.438. The standard InChI is InChI=1S/C16H24N2O3/c1-6-19-15-8-7-14(9-12(15)4)16(18-17)21-13(5)10-20-11(2)3/h7-9,11H,5-6,10,17H2,1-4H3/b18-16-. The van der Waals surface area contributed by atoms with E-state index in [2.05, 4.69) is 11.7 Å². The van der Waals surface area contributed by atoms with Gasteiger partial charge in [0.25, 0.3) is 0 Å². The number of nitrogens with two attached hydrogens (primary N) is 1. The maximum absolute atomic E-state index is 5.56. The second-order valence-electron chi connectivity index (χ2n) is 4.85. The third kappa shape index (κ3) is 5.47. The summed E-state index contributed by atoms with van der Waals surface area (Å²) in [6, 6.07) is 5.63.